The number of hydrogen-bond acceptors (Lipinski definition) is 3. The van der Waals surface area contributed by atoms with Crippen molar-refractivity contribution < 1.29 is 8.42 Å². The maximum absolute atomic E-state index is 11.4. The van der Waals surface area contributed by atoms with Crippen LogP contribution < -0.4 is 0 Å². The Hall–Kier alpha value is -1.07. The largest absolute Gasteiger partial charge is 0.273 e. The molecule has 1 aromatic heterocycles. The molecule has 0 N–H and O–H groups in total. The predicted molar refractivity (Wildman–Crippen MR) is 63.4 cm³/mol. The Kier molecular flexibility index (Phi) is 2.67. The van der Waals surface area contributed by atoms with E-state index in [0.29, 0.717) is 5.15 Å². The number of rotatable bonds is 1. The fourth-order valence-corrected chi connectivity index (χ4v) is 2.54. The van der Waals surface area contributed by atoms with Crippen molar-refractivity contribution in [1.82, 2.24) is 9.29 Å². The van der Waals surface area contributed by atoms with Gasteiger partial charge in [0.2, 0.25) is 10.0 Å². The van der Waals surface area contributed by atoms with E-state index in [2.05, 4.69) is 4.98 Å². The van der Waals surface area contributed by atoms with Crippen LogP contribution in [0.1, 0.15) is 16.8 Å². The van der Waals surface area contributed by atoms with Crippen LogP contribution in [0.4, 0.5) is 0 Å². The normalized spacial score (nSPS) is 15.1. The lowest BCUT2D eigenvalue weighted by molar-refractivity contribution is 0.499. The van der Waals surface area contributed by atoms with Crippen LogP contribution in [0.15, 0.2) is 12.3 Å². The van der Waals surface area contributed by atoms with Gasteiger partial charge >= 0.3 is 0 Å². The zero-order valence-corrected chi connectivity index (χ0v) is 10.5. The van der Waals surface area contributed by atoms with E-state index >= 15 is 0 Å². The highest BCUT2D eigenvalue weighted by atomic mass is 35.5. The Bertz CT molecular complexity index is 566. The monoisotopic (exact) mass is 258 g/mol. The molecule has 0 aromatic carbocycles. The summed E-state index contributed by atoms with van der Waals surface area (Å²) in [4.78, 5) is 4.11. The van der Waals surface area contributed by atoms with Crippen molar-refractivity contribution in [1.29, 1.82) is 0 Å². The highest BCUT2D eigenvalue weighted by molar-refractivity contribution is 7.88. The van der Waals surface area contributed by atoms with Crippen molar-refractivity contribution >= 4 is 27.7 Å². The summed E-state index contributed by atoms with van der Waals surface area (Å²) in [6.07, 6.45) is 4.45. The van der Waals surface area contributed by atoms with Crippen molar-refractivity contribution in [2.75, 3.05) is 6.26 Å². The van der Waals surface area contributed by atoms with Gasteiger partial charge in [-0.15, -0.1) is 0 Å². The maximum Gasteiger partial charge on any atom is 0.232 e. The van der Waals surface area contributed by atoms with Gasteiger partial charge in [-0.25, -0.2) is 13.4 Å². The Morgan fingerprint density at radius 2 is 2.19 bits per heavy atom. The Morgan fingerprint density at radius 3 is 2.81 bits per heavy atom. The molecule has 0 saturated heterocycles. The molecule has 1 aromatic rings. The SMILES string of the molecule is Cc1cc2c(c(Cl)n1)CN(S(C)(=O)=O)C=C2. The van der Waals surface area contributed by atoms with Crippen LogP contribution >= 0.6 is 11.6 Å². The lowest BCUT2D eigenvalue weighted by atomic mass is 10.1. The van der Waals surface area contributed by atoms with Crippen LogP contribution in [0, 0.1) is 6.92 Å². The molecule has 0 saturated carbocycles. The molecule has 2 heterocycles. The Morgan fingerprint density at radius 1 is 1.50 bits per heavy atom. The lowest BCUT2D eigenvalue weighted by Gasteiger charge is -2.23. The smallest absolute Gasteiger partial charge is 0.232 e. The van der Waals surface area contributed by atoms with E-state index in [-0.39, 0.29) is 6.54 Å². The standard InChI is InChI=1S/C10H11ClN2O2S/c1-7-5-8-3-4-13(16(2,14)15)6-9(8)10(11)12-7/h3-5H,6H2,1-2H3. The van der Waals surface area contributed by atoms with Crippen molar-refractivity contribution in [3.8, 4) is 0 Å². The minimum atomic E-state index is -3.24. The van der Waals surface area contributed by atoms with Gasteiger partial charge in [0.25, 0.3) is 0 Å². The molecular formula is C10H11ClN2O2S. The molecule has 2 rings (SSSR count). The molecular weight excluding hydrogens is 248 g/mol. The number of aryl methyl sites for hydroxylation is 1. The van der Waals surface area contributed by atoms with Crippen molar-refractivity contribution in [3.05, 3.63) is 34.2 Å². The van der Waals surface area contributed by atoms with Gasteiger partial charge in [-0.2, -0.15) is 0 Å². The third-order valence-electron chi connectivity index (χ3n) is 2.40. The van der Waals surface area contributed by atoms with E-state index in [0.717, 1.165) is 23.1 Å². The summed E-state index contributed by atoms with van der Waals surface area (Å²) in [5.74, 6) is 0. The summed E-state index contributed by atoms with van der Waals surface area (Å²) >= 11 is 6.00. The van der Waals surface area contributed by atoms with E-state index < -0.39 is 10.0 Å². The Labute approximate surface area is 99.6 Å². The fourth-order valence-electron chi connectivity index (χ4n) is 1.59. The van der Waals surface area contributed by atoms with Crippen LogP contribution in [-0.2, 0) is 16.6 Å². The van der Waals surface area contributed by atoms with Gasteiger partial charge in [0, 0.05) is 17.5 Å². The molecule has 4 nitrogen and oxygen atoms in total. The lowest BCUT2D eigenvalue weighted by Crippen LogP contribution is -2.26. The second-order valence-corrected chi connectivity index (χ2v) is 6.04. The zero-order valence-electron chi connectivity index (χ0n) is 8.94. The molecule has 0 spiro atoms. The molecule has 0 unspecified atom stereocenters. The van der Waals surface area contributed by atoms with Gasteiger partial charge in [0.1, 0.15) is 5.15 Å². The molecule has 0 fully saturated rings. The predicted octanol–water partition coefficient (Wildman–Crippen LogP) is 1.79. The molecule has 0 aliphatic carbocycles. The topological polar surface area (TPSA) is 50.3 Å². The quantitative estimate of drug-likeness (QED) is 0.722. The summed E-state index contributed by atoms with van der Waals surface area (Å²) in [7, 11) is -3.24. The van der Waals surface area contributed by atoms with Crippen LogP contribution in [0.2, 0.25) is 5.15 Å². The fraction of sp³-hybridized carbons (Fsp3) is 0.300. The first kappa shape index (κ1) is 11.4. The highest BCUT2D eigenvalue weighted by Gasteiger charge is 2.20. The van der Waals surface area contributed by atoms with Crippen LogP contribution in [-0.4, -0.2) is 24.0 Å². The van der Waals surface area contributed by atoms with Gasteiger partial charge in [-0.1, -0.05) is 11.6 Å². The van der Waals surface area contributed by atoms with E-state index in [1.54, 1.807) is 12.3 Å². The first-order valence-corrected chi connectivity index (χ1v) is 6.91. The second-order valence-electron chi connectivity index (χ2n) is 3.75. The highest BCUT2D eigenvalue weighted by Crippen LogP contribution is 2.27. The van der Waals surface area contributed by atoms with Gasteiger partial charge in [0.05, 0.1) is 12.8 Å². The van der Waals surface area contributed by atoms with Crippen LogP contribution in [0.25, 0.3) is 6.08 Å². The van der Waals surface area contributed by atoms with Crippen LogP contribution in [0.3, 0.4) is 0 Å². The minimum Gasteiger partial charge on any atom is -0.273 e. The zero-order chi connectivity index (χ0) is 11.9. The Balaban J connectivity index is 2.49. The first-order chi connectivity index (χ1) is 7.38. The molecule has 0 atom stereocenters. The van der Waals surface area contributed by atoms with Gasteiger partial charge in [-0.3, -0.25) is 4.31 Å². The van der Waals surface area contributed by atoms with E-state index in [1.165, 1.54) is 4.31 Å². The summed E-state index contributed by atoms with van der Waals surface area (Å²) in [5, 5.41) is 0.369. The second kappa shape index (κ2) is 3.75. The first-order valence-electron chi connectivity index (χ1n) is 4.69. The number of aromatic nitrogens is 1. The summed E-state index contributed by atoms with van der Waals surface area (Å²) < 4.78 is 24.0. The average molecular weight is 259 g/mol. The third-order valence-corrected chi connectivity index (χ3v) is 3.81. The molecule has 86 valence electrons. The molecule has 16 heavy (non-hydrogen) atoms. The van der Waals surface area contributed by atoms with Gasteiger partial charge < -0.3 is 0 Å². The number of hydrogen-bond donors (Lipinski definition) is 0. The van der Waals surface area contributed by atoms with Crippen LogP contribution in [0.5, 0.6) is 0 Å². The van der Waals surface area contributed by atoms with Gasteiger partial charge in [-0.05, 0) is 24.6 Å². The molecule has 0 amide bonds. The molecule has 0 bridgehead atoms. The third kappa shape index (κ3) is 2.05. The number of fused-ring (bicyclic) bond motifs is 1. The summed E-state index contributed by atoms with van der Waals surface area (Å²) in [6, 6.07) is 1.89. The van der Waals surface area contributed by atoms with E-state index in [1.807, 2.05) is 13.0 Å². The summed E-state index contributed by atoms with van der Waals surface area (Å²) in [5.41, 5.74) is 2.50. The van der Waals surface area contributed by atoms with E-state index in [4.69, 9.17) is 11.6 Å². The maximum atomic E-state index is 11.4. The van der Waals surface area contributed by atoms with Gasteiger partial charge in [0.15, 0.2) is 0 Å². The number of halogens is 1. The number of pyridine rings is 1. The summed E-state index contributed by atoms with van der Waals surface area (Å²) in [6.45, 7) is 2.10. The van der Waals surface area contributed by atoms with Crippen molar-refractivity contribution in [2.45, 2.75) is 13.5 Å². The van der Waals surface area contributed by atoms with Crippen molar-refractivity contribution in [3.63, 3.8) is 0 Å². The number of nitrogens with zero attached hydrogens (tertiary/aromatic N) is 2. The minimum absolute atomic E-state index is 0.247. The van der Waals surface area contributed by atoms with E-state index in [9.17, 15) is 8.42 Å². The molecule has 1 aliphatic rings. The number of sulfonamides is 1. The molecule has 1 aliphatic heterocycles. The van der Waals surface area contributed by atoms with Crippen molar-refractivity contribution in [2.24, 2.45) is 0 Å². The molecule has 0 radical (unpaired) electrons. The average Bonchev–Trinajstić information content (AvgIpc) is 2.15. The molecule has 6 heteroatoms.